The average molecular weight is 498 g/mol. The first kappa shape index (κ1) is 23.8. The van der Waals surface area contributed by atoms with E-state index >= 15 is 0 Å². The minimum absolute atomic E-state index is 0.141. The smallest absolute Gasteiger partial charge is 0.261 e. The second-order valence-corrected chi connectivity index (χ2v) is 8.93. The molecule has 1 aromatic heterocycles. The molecule has 0 aliphatic carbocycles. The Hall–Kier alpha value is -4.38. The monoisotopic (exact) mass is 498 g/mol. The number of carbonyl (C=O) groups is 1. The number of halogens is 3. The molecular weight excluding hydrogens is 481 g/mol. The zero-order chi connectivity index (χ0) is 25.0. The van der Waals surface area contributed by atoms with Gasteiger partial charge < -0.3 is 10.6 Å². The molecule has 1 heterocycles. The van der Waals surface area contributed by atoms with Gasteiger partial charge in [0.1, 0.15) is 11.6 Å². The highest BCUT2D eigenvalue weighted by Gasteiger charge is 2.17. The molecule has 0 saturated heterocycles. The van der Waals surface area contributed by atoms with Gasteiger partial charge in [0.25, 0.3) is 15.9 Å². The fourth-order valence-corrected chi connectivity index (χ4v) is 4.14. The maximum Gasteiger partial charge on any atom is 0.261 e. The summed E-state index contributed by atoms with van der Waals surface area (Å²) in [5, 5.41) is 5.57. The summed E-state index contributed by atoms with van der Waals surface area (Å²) in [5.41, 5.74) is 1.10. The van der Waals surface area contributed by atoms with Gasteiger partial charge >= 0.3 is 0 Å². The zero-order valence-electron chi connectivity index (χ0n) is 17.8. The highest BCUT2D eigenvalue weighted by Crippen LogP contribution is 2.23. The predicted octanol–water partition coefficient (Wildman–Crippen LogP) is 5.30. The molecule has 3 aromatic carbocycles. The summed E-state index contributed by atoms with van der Waals surface area (Å²) in [6, 6.07) is 16.7. The van der Waals surface area contributed by atoms with Gasteiger partial charge in [-0.3, -0.25) is 9.52 Å². The Kier molecular flexibility index (Phi) is 6.69. The second-order valence-electron chi connectivity index (χ2n) is 7.25. The maximum absolute atomic E-state index is 13.5. The molecule has 4 rings (SSSR count). The molecule has 178 valence electrons. The molecule has 0 bridgehead atoms. The quantitative estimate of drug-likeness (QED) is 0.321. The molecular formula is C24H17F3N4O3S. The molecule has 0 aliphatic rings. The summed E-state index contributed by atoms with van der Waals surface area (Å²) in [6.07, 6.45) is 1.48. The van der Waals surface area contributed by atoms with Gasteiger partial charge in [-0.25, -0.2) is 26.6 Å². The van der Waals surface area contributed by atoms with E-state index in [1.54, 1.807) is 12.1 Å². The number of amides is 1. The van der Waals surface area contributed by atoms with E-state index in [0.29, 0.717) is 17.4 Å². The molecule has 1 amide bonds. The largest absolute Gasteiger partial charge is 0.339 e. The number of hydrogen-bond donors (Lipinski definition) is 3. The van der Waals surface area contributed by atoms with Gasteiger partial charge in [0.2, 0.25) is 0 Å². The third-order valence-electron chi connectivity index (χ3n) is 4.74. The van der Waals surface area contributed by atoms with Crippen LogP contribution in [0.5, 0.6) is 0 Å². The van der Waals surface area contributed by atoms with Crippen molar-refractivity contribution in [1.29, 1.82) is 0 Å². The van der Waals surface area contributed by atoms with E-state index in [-0.39, 0.29) is 17.1 Å². The summed E-state index contributed by atoms with van der Waals surface area (Å²) < 4.78 is 67.0. The van der Waals surface area contributed by atoms with Gasteiger partial charge in [-0.2, -0.15) is 0 Å². The van der Waals surface area contributed by atoms with Gasteiger partial charge in [0.05, 0.1) is 10.5 Å². The molecule has 11 heteroatoms. The lowest BCUT2D eigenvalue weighted by Crippen LogP contribution is -2.15. The molecule has 0 aliphatic heterocycles. The highest BCUT2D eigenvalue weighted by molar-refractivity contribution is 7.92. The Morgan fingerprint density at radius 1 is 0.771 bits per heavy atom. The lowest BCUT2D eigenvalue weighted by molar-refractivity contribution is 0.102. The fourth-order valence-electron chi connectivity index (χ4n) is 3.07. The fraction of sp³-hybridized carbons (Fsp3) is 0. The predicted molar refractivity (Wildman–Crippen MR) is 125 cm³/mol. The first-order chi connectivity index (χ1) is 16.7. The average Bonchev–Trinajstić information content (AvgIpc) is 2.82. The lowest BCUT2D eigenvalue weighted by Gasteiger charge is -2.12. The number of sulfonamides is 1. The van der Waals surface area contributed by atoms with Gasteiger partial charge in [0.15, 0.2) is 11.6 Å². The Labute approximate surface area is 198 Å². The first-order valence-electron chi connectivity index (χ1n) is 10.1. The van der Waals surface area contributed by atoms with Gasteiger partial charge in [-0.1, -0.05) is 6.07 Å². The molecule has 0 saturated carbocycles. The van der Waals surface area contributed by atoms with Crippen LogP contribution in [0.25, 0.3) is 0 Å². The summed E-state index contributed by atoms with van der Waals surface area (Å²) in [4.78, 5) is 16.5. The summed E-state index contributed by atoms with van der Waals surface area (Å²) in [7, 11) is -4.16. The number of benzene rings is 3. The van der Waals surface area contributed by atoms with E-state index in [4.69, 9.17) is 0 Å². The van der Waals surface area contributed by atoms with Gasteiger partial charge in [0, 0.05) is 23.3 Å². The van der Waals surface area contributed by atoms with Crippen LogP contribution >= 0.6 is 0 Å². The van der Waals surface area contributed by atoms with Crippen molar-refractivity contribution in [2.75, 3.05) is 15.4 Å². The maximum atomic E-state index is 13.5. The van der Waals surface area contributed by atoms with Crippen LogP contribution in [0.3, 0.4) is 0 Å². The van der Waals surface area contributed by atoms with Crippen molar-refractivity contribution in [3.63, 3.8) is 0 Å². The van der Waals surface area contributed by atoms with Crippen molar-refractivity contribution in [2.24, 2.45) is 0 Å². The van der Waals surface area contributed by atoms with Crippen LogP contribution in [-0.4, -0.2) is 19.3 Å². The number of hydrogen-bond acceptors (Lipinski definition) is 5. The molecule has 7 nitrogen and oxygen atoms in total. The van der Waals surface area contributed by atoms with Crippen molar-refractivity contribution < 1.29 is 26.4 Å². The van der Waals surface area contributed by atoms with Crippen LogP contribution in [0.15, 0.2) is 90.0 Å². The summed E-state index contributed by atoms with van der Waals surface area (Å²) >= 11 is 0. The number of anilines is 4. The molecule has 0 radical (unpaired) electrons. The molecule has 0 spiro atoms. The first-order valence-corrected chi connectivity index (χ1v) is 11.6. The number of nitrogens with zero attached hydrogens (tertiary/aromatic N) is 1. The van der Waals surface area contributed by atoms with Crippen LogP contribution in [0, 0.1) is 17.5 Å². The number of nitrogens with one attached hydrogen (secondary N) is 3. The number of carbonyl (C=O) groups excluding carboxylic acids is 1. The molecule has 4 aromatic rings. The number of aromatic nitrogens is 1. The molecule has 0 atom stereocenters. The van der Waals surface area contributed by atoms with Crippen LogP contribution < -0.4 is 15.4 Å². The standard InChI is InChI=1S/C24H17F3N4O3S/c25-15-3-1-4-18(13-15)29-23-20(5-2-12-28-23)24(32)30-16-6-8-17(9-7-16)31-35(33,34)19-10-11-21(26)22(27)14-19/h1-14,31H,(H,28,29)(H,30,32). The van der Waals surface area contributed by atoms with Crippen molar-refractivity contribution in [3.05, 3.63) is 108 Å². The van der Waals surface area contributed by atoms with E-state index in [2.05, 4.69) is 20.3 Å². The Bertz CT molecular complexity index is 1500. The molecule has 0 unspecified atom stereocenters. The molecule has 35 heavy (non-hydrogen) atoms. The summed E-state index contributed by atoms with van der Waals surface area (Å²) in [5.74, 6) is -3.18. The molecule has 3 N–H and O–H groups in total. The topological polar surface area (TPSA) is 100 Å². The van der Waals surface area contributed by atoms with Crippen molar-refractivity contribution in [3.8, 4) is 0 Å². The third-order valence-corrected chi connectivity index (χ3v) is 6.12. The van der Waals surface area contributed by atoms with Crippen LogP contribution in [-0.2, 0) is 10.0 Å². The lowest BCUT2D eigenvalue weighted by atomic mass is 10.2. The normalized spacial score (nSPS) is 11.1. The van der Waals surface area contributed by atoms with E-state index < -0.39 is 38.3 Å². The Morgan fingerprint density at radius 3 is 2.23 bits per heavy atom. The van der Waals surface area contributed by atoms with Gasteiger partial charge in [-0.05, 0) is 72.8 Å². The zero-order valence-corrected chi connectivity index (χ0v) is 18.6. The van der Waals surface area contributed by atoms with Gasteiger partial charge in [-0.15, -0.1) is 0 Å². The molecule has 0 fully saturated rings. The van der Waals surface area contributed by atoms with Crippen molar-refractivity contribution >= 4 is 38.8 Å². The van der Waals surface area contributed by atoms with Crippen LogP contribution in [0.4, 0.5) is 36.1 Å². The third kappa shape index (κ3) is 5.76. The minimum atomic E-state index is -4.16. The van der Waals surface area contributed by atoms with E-state index in [1.165, 1.54) is 54.7 Å². The summed E-state index contributed by atoms with van der Waals surface area (Å²) in [6.45, 7) is 0. The second kappa shape index (κ2) is 9.85. The van der Waals surface area contributed by atoms with Crippen molar-refractivity contribution in [2.45, 2.75) is 4.90 Å². The van der Waals surface area contributed by atoms with E-state index in [1.807, 2.05) is 0 Å². The van der Waals surface area contributed by atoms with Crippen LogP contribution in [0.2, 0.25) is 0 Å². The number of pyridine rings is 1. The Morgan fingerprint density at radius 2 is 1.51 bits per heavy atom. The SMILES string of the molecule is O=C(Nc1ccc(NS(=O)(=O)c2ccc(F)c(F)c2)cc1)c1cccnc1Nc1cccc(F)c1. The van der Waals surface area contributed by atoms with Crippen LogP contribution in [0.1, 0.15) is 10.4 Å². The van der Waals surface area contributed by atoms with E-state index in [9.17, 15) is 26.4 Å². The minimum Gasteiger partial charge on any atom is -0.339 e. The number of rotatable bonds is 7. The van der Waals surface area contributed by atoms with E-state index in [0.717, 1.165) is 12.1 Å². The Balaban J connectivity index is 1.46. The highest BCUT2D eigenvalue weighted by atomic mass is 32.2. The van der Waals surface area contributed by atoms with Crippen molar-refractivity contribution in [1.82, 2.24) is 4.98 Å².